The average molecular weight is 308 g/mol. The average Bonchev–Trinajstić information content (AvgIpc) is 2.32. The molecule has 0 unspecified atom stereocenters. The first-order valence-electron chi connectivity index (χ1n) is 6.12. The molecular weight excluding hydrogens is 290 g/mol. The predicted molar refractivity (Wildman–Crippen MR) is 79.7 cm³/mol. The zero-order valence-corrected chi connectivity index (χ0v) is 11.9. The van der Waals surface area contributed by atoms with E-state index in [2.05, 4.69) is 57.1 Å². The molecule has 4 heteroatoms. The number of hydrogen-bond donors (Lipinski definition) is 2. The van der Waals surface area contributed by atoms with Crippen LogP contribution in [0.15, 0.2) is 46.4 Å². The van der Waals surface area contributed by atoms with E-state index >= 15 is 0 Å². The number of rotatable bonds is 4. The molecular formula is C14H18BrN3. The van der Waals surface area contributed by atoms with E-state index in [1.54, 1.807) is 6.08 Å². The summed E-state index contributed by atoms with van der Waals surface area (Å²) >= 11 is 3.45. The van der Waals surface area contributed by atoms with Crippen molar-refractivity contribution in [2.45, 2.75) is 24.8 Å². The second kappa shape index (κ2) is 6.05. The fourth-order valence-corrected chi connectivity index (χ4v) is 2.42. The minimum atomic E-state index is 0.451. The molecule has 3 nitrogen and oxygen atoms in total. The van der Waals surface area contributed by atoms with Gasteiger partial charge in [-0.1, -0.05) is 34.1 Å². The molecule has 0 radical (unpaired) electrons. The number of benzene rings is 1. The van der Waals surface area contributed by atoms with Crippen LogP contribution in [-0.4, -0.2) is 18.5 Å². The van der Waals surface area contributed by atoms with Crippen molar-refractivity contribution >= 4 is 21.9 Å². The Labute approximate surface area is 116 Å². The molecule has 1 fully saturated rings. The normalized spacial score (nSPS) is 23.3. The maximum absolute atomic E-state index is 5.76. The van der Waals surface area contributed by atoms with Crippen LogP contribution < -0.4 is 11.1 Å². The van der Waals surface area contributed by atoms with Crippen molar-refractivity contribution in [3.63, 3.8) is 0 Å². The zero-order chi connectivity index (χ0) is 13.0. The Hall–Kier alpha value is -1.29. The Morgan fingerprint density at radius 2 is 2.11 bits per heavy atom. The lowest BCUT2D eigenvalue weighted by Gasteiger charge is -2.36. The van der Waals surface area contributed by atoms with Gasteiger partial charge in [0.15, 0.2) is 5.96 Å². The smallest absolute Gasteiger partial charge is 0.189 e. The molecule has 0 atom stereocenters. The van der Waals surface area contributed by atoms with Gasteiger partial charge in [0.25, 0.3) is 0 Å². The number of guanidine groups is 1. The molecule has 1 aromatic carbocycles. The minimum absolute atomic E-state index is 0.451. The molecule has 0 saturated heterocycles. The molecule has 3 N–H and O–H groups in total. The van der Waals surface area contributed by atoms with E-state index < -0.39 is 0 Å². The van der Waals surface area contributed by atoms with Gasteiger partial charge in [-0.2, -0.15) is 0 Å². The van der Waals surface area contributed by atoms with Crippen LogP contribution in [0.3, 0.4) is 0 Å². The number of halogens is 1. The van der Waals surface area contributed by atoms with Gasteiger partial charge in [0.2, 0.25) is 0 Å². The summed E-state index contributed by atoms with van der Waals surface area (Å²) in [5, 5.41) is 3.23. The SMILES string of the molecule is C=CCN=C(N)NC1CC(c2ccc(Br)cc2)C1. The summed E-state index contributed by atoms with van der Waals surface area (Å²) < 4.78 is 1.13. The van der Waals surface area contributed by atoms with Gasteiger partial charge in [-0.3, -0.25) is 0 Å². The second-order valence-corrected chi connectivity index (χ2v) is 5.49. The quantitative estimate of drug-likeness (QED) is 0.510. The Balaban J connectivity index is 1.80. The number of nitrogens with one attached hydrogen (secondary N) is 1. The maximum atomic E-state index is 5.76. The molecule has 0 aromatic heterocycles. The van der Waals surface area contributed by atoms with Crippen LogP contribution in [0.5, 0.6) is 0 Å². The first-order chi connectivity index (χ1) is 8.69. The molecule has 0 spiro atoms. The second-order valence-electron chi connectivity index (χ2n) is 4.58. The summed E-state index contributed by atoms with van der Waals surface area (Å²) in [6.45, 7) is 4.18. The van der Waals surface area contributed by atoms with Gasteiger partial charge >= 0.3 is 0 Å². The summed E-state index contributed by atoms with van der Waals surface area (Å²) in [7, 11) is 0. The van der Waals surface area contributed by atoms with E-state index in [1.807, 2.05) is 0 Å². The fourth-order valence-electron chi connectivity index (χ4n) is 2.16. The van der Waals surface area contributed by atoms with Crippen molar-refractivity contribution < 1.29 is 0 Å². The lowest BCUT2D eigenvalue weighted by molar-refractivity contribution is 0.323. The number of hydrogen-bond acceptors (Lipinski definition) is 1. The molecule has 96 valence electrons. The monoisotopic (exact) mass is 307 g/mol. The van der Waals surface area contributed by atoms with Gasteiger partial charge in [-0.25, -0.2) is 4.99 Å². The highest BCUT2D eigenvalue weighted by Gasteiger charge is 2.30. The molecule has 2 rings (SSSR count). The summed E-state index contributed by atoms with van der Waals surface area (Å²) in [5.41, 5.74) is 7.16. The van der Waals surface area contributed by atoms with Gasteiger partial charge in [0, 0.05) is 10.5 Å². The third kappa shape index (κ3) is 3.35. The molecule has 0 bridgehead atoms. The Morgan fingerprint density at radius 3 is 2.72 bits per heavy atom. The largest absolute Gasteiger partial charge is 0.370 e. The van der Waals surface area contributed by atoms with E-state index in [4.69, 9.17) is 5.73 Å². The van der Waals surface area contributed by atoms with Crippen LogP contribution >= 0.6 is 15.9 Å². The fraction of sp³-hybridized carbons (Fsp3) is 0.357. The number of nitrogens with zero attached hydrogens (tertiary/aromatic N) is 1. The van der Waals surface area contributed by atoms with Crippen molar-refractivity contribution in [2.75, 3.05) is 6.54 Å². The topological polar surface area (TPSA) is 50.4 Å². The van der Waals surface area contributed by atoms with Crippen LogP contribution in [0.2, 0.25) is 0 Å². The summed E-state index contributed by atoms with van der Waals surface area (Å²) in [5.74, 6) is 1.16. The third-order valence-corrected chi connectivity index (χ3v) is 3.75. The van der Waals surface area contributed by atoms with Crippen LogP contribution in [-0.2, 0) is 0 Å². The highest BCUT2D eigenvalue weighted by molar-refractivity contribution is 9.10. The third-order valence-electron chi connectivity index (χ3n) is 3.22. The van der Waals surface area contributed by atoms with E-state index in [0.717, 1.165) is 17.3 Å². The zero-order valence-electron chi connectivity index (χ0n) is 10.3. The summed E-state index contributed by atoms with van der Waals surface area (Å²) in [4.78, 5) is 4.13. The molecule has 1 saturated carbocycles. The van der Waals surface area contributed by atoms with Crippen molar-refractivity contribution in [1.29, 1.82) is 0 Å². The lowest BCUT2D eigenvalue weighted by Crippen LogP contribution is -2.46. The molecule has 1 aliphatic carbocycles. The van der Waals surface area contributed by atoms with E-state index in [0.29, 0.717) is 24.5 Å². The van der Waals surface area contributed by atoms with Crippen LogP contribution in [0.4, 0.5) is 0 Å². The molecule has 1 aromatic rings. The molecule has 0 heterocycles. The summed E-state index contributed by atoms with van der Waals surface area (Å²) in [6.07, 6.45) is 3.97. The Bertz CT molecular complexity index is 433. The van der Waals surface area contributed by atoms with E-state index in [9.17, 15) is 0 Å². The highest BCUT2D eigenvalue weighted by atomic mass is 79.9. The van der Waals surface area contributed by atoms with Gasteiger partial charge in [0.1, 0.15) is 0 Å². The Morgan fingerprint density at radius 1 is 1.44 bits per heavy atom. The van der Waals surface area contributed by atoms with Crippen LogP contribution in [0.25, 0.3) is 0 Å². The van der Waals surface area contributed by atoms with Crippen LogP contribution in [0.1, 0.15) is 24.3 Å². The molecule has 18 heavy (non-hydrogen) atoms. The number of aliphatic imine (C=N–C) groups is 1. The first kappa shape index (κ1) is 13.1. The predicted octanol–water partition coefficient (Wildman–Crippen LogP) is 2.79. The van der Waals surface area contributed by atoms with Crippen LogP contribution in [0, 0.1) is 0 Å². The van der Waals surface area contributed by atoms with Crippen molar-refractivity contribution in [3.8, 4) is 0 Å². The van der Waals surface area contributed by atoms with Gasteiger partial charge in [0.05, 0.1) is 6.54 Å². The van der Waals surface area contributed by atoms with E-state index in [1.165, 1.54) is 5.56 Å². The van der Waals surface area contributed by atoms with Crippen molar-refractivity contribution in [3.05, 3.63) is 47.0 Å². The minimum Gasteiger partial charge on any atom is -0.370 e. The van der Waals surface area contributed by atoms with E-state index in [-0.39, 0.29) is 0 Å². The number of nitrogens with two attached hydrogens (primary N) is 1. The van der Waals surface area contributed by atoms with Gasteiger partial charge in [-0.15, -0.1) is 6.58 Å². The Kier molecular flexibility index (Phi) is 4.42. The van der Waals surface area contributed by atoms with Gasteiger partial charge in [-0.05, 0) is 36.5 Å². The van der Waals surface area contributed by atoms with Gasteiger partial charge < -0.3 is 11.1 Å². The van der Waals surface area contributed by atoms with Crippen molar-refractivity contribution in [1.82, 2.24) is 5.32 Å². The molecule has 0 amide bonds. The lowest BCUT2D eigenvalue weighted by atomic mass is 9.76. The maximum Gasteiger partial charge on any atom is 0.189 e. The highest BCUT2D eigenvalue weighted by Crippen LogP contribution is 2.37. The first-order valence-corrected chi connectivity index (χ1v) is 6.91. The summed E-state index contributed by atoms with van der Waals surface area (Å²) in [6, 6.07) is 9.00. The molecule has 1 aliphatic rings. The molecule has 0 aliphatic heterocycles. The standard InChI is InChI=1S/C14H18BrN3/c1-2-7-17-14(16)18-13-8-11(9-13)10-3-5-12(15)6-4-10/h2-6,11,13H,1,7-9H2,(H3,16,17,18). The van der Waals surface area contributed by atoms with Crippen molar-refractivity contribution in [2.24, 2.45) is 10.7 Å².